The van der Waals surface area contributed by atoms with E-state index in [9.17, 15) is 9.90 Å². The number of piperidine rings is 1. The maximum Gasteiger partial charge on any atom is 0.272 e. The molecule has 7 heteroatoms. The predicted molar refractivity (Wildman–Crippen MR) is 114 cm³/mol. The second-order valence-electron chi connectivity index (χ2n) is 8.84. The Morgan fingerprint density at radius 3 is 2.59 bits per heavy atom. The second kappa shape index (κ2) is 8.42. The number of rotatable bonds is 7. The van der Waals surface area contributed by atoms with Crippen LogP contribution in [0.3, 0.4) is 0 Å². The zero-order valence-corrected chi connectivity index (χ0v) is 17.6. The number of aliphatic hydroxyl groups excluding tert-OH is 1. The molecule has 1 aromatic heterocycles. The van der Waals surface area contributed by atoms with Gasteiger partial charge in [0.15, 0.2) is 5.69 Å². The fourth-order valence-corrected chi connectivity index (χ4v) is 5.14. The molecule has 2 fully saturated rings. The first-order chi connectivity index (χ1) is 14.0. The number of fused-ring (bicyclic) bond motifs is 3. The van der Waals surface area contributed by atoms with Crippen molar-refractivity contribution in [2.45, 2.75) is 69.8 Å². The van der Waals surface area contributed by atoms with Gasteiger partial charge < -0.3 is 15.7 Å². The van der Waals surface area contributed by atoms with E-state index >= 15 is 0 Å². The van der Waals surface area contributed by atoms with E-state index in [4.69, 9.17) is 0 Å². The third-order valence-electron chi connectivity index (χ3n) is 6.40. The fourth-order valence-electron chi connectivity index (χ4n) is 5.14. The Labute approximate surface area is 172 Å². The molecule has 0 unspecified atom stereocenters. The number of nitrogens with one attached hydrogen (secondary N) is 2. The van der Waals surface area contributed by atoms with Crippen LogP contribution in [0, 0.1) is 0 Å². The molecule has 0 saturated carbocycles. The Hall–Kier alpha value is -1.96. The normalized spacial score (nSPS) is 25.6. The predicted octanol–water partition coefficient (Wildman–Crippen LogP) is 1.92. The number of aromatic nitrogens is 2. The third-order valence-corrected chi connectivity index (χ3v) is 6.40. The van der Waals surface area contributed by atoms with E-state index in [1.807, 2.05) is 36.0 Å². The number of aliphatic hydroxyl groups is 1. The molecule has 1 amide bonds. The summed E-state index contributed by atoms with van der Waals surface area (Å²) in [6.45, 7) is 5.48. The van der Waals surface area contributed by atoms with Gasteiger partial charge in [-0.25, -0.2) is 0 Å². The van der Waals surface area contributed by atoms with Crippen LogP contribution in [0.4, 0.5) is 0 Å². The van der Waals surface area contributed by atoms with E-state index in [1.54, 1.807) is 0 Å². The first-order valence-electron chi connectivity index (χ1n) is 10.8. The van der Waals surface area contributed by atoms with Crippen molar-refractivity contribution in [1.82, 2.24) is 25.3 Å². The molecule has 4 atom stereocenters. The second-order valence-corrected chi connectivity index (χ2v) is 8.84. The molecule has 29 heavy (non-hydrogen) atoms. The molecule has 2 aliphatic rings. The van der Waals surface area contributed by atoms with Crippen LogP contribution in [0.2, 0.25) is 0 Å². The van der Waals surface area contributed by atoms with E-state index in [0.717, 1.165) is 36.6 Å². The standard InChI is InChI=1S/C22H33N5O2/c1-14(2)27-20-7-5-4-6-19(20)21(25-27)22(29)24-15-10-16-8-9-17(11-15)26(16)13-18(28)12-23-3/h4-7,14-18,23,28H,8-13H2,1-3H3,(H,24,29)/t15-,16-,17+,18-/m0/s1. The Kier molecular flexibility index (Phi) is 5.90. The van der Waals surface area contributed by atoms with Crippen LogP contribution in [0.15, 0.2) is 24.3 Å². The van der Waals surface area contributed by atoms with Crippen LogP contribution in [-0.2, 0) is 0 Å². The molecule has 2 aliphatic heterocycles. The Morgan fingerprint density at radius 1 is 1.24 bits per heavy atom. The number of benzene rings is 1. The van der Waals surface area contributed by atoms with Crippen LogP contribution in [-0.4, -0.2) is 70.1 Å². The number of carbonyl (C=O) groups is 1. The van der Waals surface area contributed by atoms with Gasteiger partial charge in [-0.3, -0.25) is 14.4 Å². The lowest BCUT2D eigenvalue weighted by molar-refractivity contribution is 0.0510. The van der Waals surface area contributed by atoms with E-state index < -0.39 is 0 Å². The van der Waals surface area contributed by atoms with Gasteiger partial charge in [0, 0.05) is 42.6 Å². The van der Waals surface area contributed by atoms with Gasteiger partial charge in [0.1, 0.15) is 0 Å². The number of hydrogen-bond donors (Lipinski definition) is 3. The van der Waals surface area contributed by atoms with Crippen LogP contribution in [0.5, 0.6) is 0 Å². The van der Waals surface area contributed by atoms with Gasteiger partial charge in [-0.1, -0.05) is 18.2 Å². The lowest BCUT2D eigenvalue weighted by atomic mass is 9.96. The van der Waals surface area contributed by atoms with Crippen LogP contribution < -0.4 is 10.6 Å². The van der Waals surface area contributed by atoms with Gasteiger partial charge in [0.2, 0.25) is 0 Å². The summed E-state index contributed by atoms with van der Waals surface area (Å²) in [5.74, 6) is -0.0753. The van der Waals surface area contributed by atoms with Gasteiger partial charge >= 0.3 is 0 Å². The molecule has 7 nitrogen and oxygen atoms in total. The Morgan fingerprint density at radius 2 is 1.93 bits per heavy atom. The maximum absolute atomic E-state index is 13.1. The topological polar surface area (TPSA) is 82.4 Å². The van der Waals surface area contributed by atoms with Gasteiger partial charge in [-0.2, -0.15) is 5.10 Å². The van der Waals surface area contributed by atoms with Crippen molar-refractivity contribution < 1.29 is 9.90 Å². The molecular weight excluding hydrogens is 366 g/mol. The van der Waals surface area contributed by atoms with Crippen molar-refractivity contribution in [2.24, 2.45) is 0 Å². The highest BCUT2D eigenvalue weighted by Crippen LogP contribution is 2.36. The SMILES string of the molecule is CNC[C@H](O)CN1[C@@H]2CC[C@H]1C[C@H](NC(=O)c1nn(C(C)C)c3ccccc13)C2. The van der Waals surface area contributed by atoms with Crippen molar-refractivity contribution in [1.29, 1.82) is 0 Å². The molecule has 3 N–H and O–H groups in total. The van der Waals surface area contributed by atoms with Crippen molar-refractivity contribution in [3.05, 3.63) is 30.0 Å². The minimum atomic E-state index is -0.347. The van der Waals surface area contributed by atoms with Crippen molar-refractivity contribution in [2.75, 3.05) is 20.1 Å². The lowest BCUT2D eigenvalue weighted by Gasteiger charge is -2.40. The summed E-state index contributed by atoms with van der Waals surface area (Å²) in [7, 11) is 1.86. The zero-order valence-electron chi connectivity index (χ0n) is 17.6. The highest BCUT2D eigenvalue weighted by atomic mass is 16.3. The van der Waals surface area contributed by atoms with Crippen LogP contribution in [0.1, 0.15) is 56.1 Å². The van der Waals surface area contributed by atoms with Crippen LogP contribution in [0.25, 0.3) is 10.9 Å². The highest BCUT2D eigenvalue weighted by Gasteiger charge is 2.41. The molecular formula is C22H33N5O2. The van der Waals surface area contributed by atoms with E-state index in [0.29, 0.717) is 30.9 Å². The summed E-state index contributed by atoms with van der Waals surface area (Å²) in [5.41, 5.74) is 1.52. The summed E-state index contributed by atoms with van der Waals surface area (Å²) in [5, 5.41) is 22.0. The van der Waals surface area contributed by atoms with E-state index in [-0.39, 0.29) is 24.1 Å². The molecule has 0 radical (unpaired) electrons. The first kappa shape index (κ1) is 20.3. The maximum atomic E-state index is 13.1. The molecule has 3 heterocycles. The van der Waals surface area contributed by atoms with Crippen molar-refractivity contribution in [3.63, 3.8) is 0 Å². The molecule has 2 aromatic rings. The fraction of sp³-hybridized carbons (Fsp3) is 0.636. The average Bonchev–Trinajstić information content (AvgIpc) is 3.17. The number of likely N-dealkylation sites (N-methyl/N-ethyl adjacent to an activating group) is 1. The number of amides is 1. The minimum absolute atomic E-state index is 0.0753. The number of nitrogens with zero attached hydrogens (tertiary/aromatic N) is 3. The molecule has 0 spiro atoms. The third kappa shape index (κ3) is 4.04. The Balaban J connectivity index is 1.45. The molecule has 1 aromatic carbocycles. The van der Waals surface area contributed by atoms with E-state index in [1.165, 1.54) is 0 Å². The number of para-hydroxylation sites is 1. The molecule has 2 bridgehead atoms. The van der Waals surface area contributed by atoms with Crippen LogP contribution >= 0.6 is 0 Å². The smallest absolute Gasteiger partial charge is 0.272 e. The quantitative estimate of drug-likeness (QED) is 0.663. The lowest BCUT2D eigenvalue weighted by Crippen LogP contribution is -2.53. The monoisotopic (exact) mass is 399 g/mol. The summed E-state index contributed by atoms with van der Waals surface area (Å²) in [6, 6.07) is 9.19. The van der Waals surface area contributed by atoms with Gasteiger partial charge in [0.25, 0.3) is 5.91 Å². The molecule has 0 aliphatic carbocycles. The Bertz CT molecular complexity index is 850. The summed E-state index contributed by atoms with van der Waals surface area (Å²) in [6.07, 6.45) is 3.83. The van der Waals surface area contributed by atoms with Crippen molar-refractivity contribution >= 4 is 16.8 Å². The number of carbonyl (C=O) groups excluding carboxylic acids is 1. The number of hydrogen-bond acceptors (Lipinski definition) is 5. The highest BCUT2D eigenvalue weighted by molar-refractivity contribution is 6.05. The van der Waals surface area contributed by atoms with E-state index in [2.05, 4.69) is 34.5 Å². The molecule has 4 rings (SSSR count). The first-order valence-corrected chi connectivity index (χ1v) is 10.8. The van der Waals surface area contributed by atoms with Crippen molar-refractivity contribution in [3.8, 4) is 0 Å². The molecule has 158 valence electrons. The van der Waals surface area contributed by atoms with Gasteiger partial charge in [-0.05, 0) is 52.6 Å². The zero-order chi connectivity index (χ0) is 20.5. The van der Waals surface area contributed by atoms with Gasteiger partial charge in [0.05, 0.1) is 11.6 Å². The van der Waals surface area contributed by atoms with Gasteiger partial charge in [-0.15, -0.1) is 0 Å². The summed E-state index contributed by atoms with van der Waals surface area (Å²) in [4.78, 5) is 15.5. The largest absolute Gasteiger partial charge is 0.390 e. The average molecular weight is 400 g/mol. The summed E-state index contributed by atoms with van der Waals surface area (Å²) >= 11 is 0. The summed E-state index contributed by atoms with van der Waals surface area (Å²) < 4.78 is 1.93. The minimum Gasteiger partial charge on any atom is -0.390 e. The molecule has 2 saturated heterocycles.